The number of hydrogen-bond donors (Lipinski definition) is 0. The van der Waals surface area contributed by atoms with Crippen molar-refractivity contribution in [2.45, 2.75) is 32.4 Å². The number of nitrogens with zero attached hydrogens (tertiary/aromatic N) is 2. The minimum Gasteiger partial charge on any atom is -0.496 e. The third-order valence-corrected chi connectivity index (χ3v) is 5.80. The van der Waals surface area contributed by atoms with Crippen molar-refractivity contribution in [3.05, 3.63) is 90.0 Å². The van der Waals surface area contributed by atoms with E-state index in [1.807, 2.05) is 83.5 Å². The van der Waals surface area contributed by atoms with Crippen LogP contribution in [0.1, 0.15) is 42.2 Å². The van der Waals surface area contributed by atoms with Gasteiger partial charge in [0.25, 0.3) is 5.91 Å². The summed E-state index contributed by atoms with van der Waals surface area (Å²) in [6.45, 7) is 3.61. The van der Waals surface area contributed by atoms with Crippen LogP contribution in [0.15, 0.2) is 78.9 Å². The second kappa shape index (κ2) is 8.64. The average Bonchev–Trinajstić information content (AvgIpc) is 2.79. The fraction of sp³-hybridized carbons (Fsp3) is 0.231. The Morgan fingerprint density at radius 2 is 1.58 bits per heavy atom. The third-order valence-electron chi connectivity index (χ3n) is 5.80. The summed E-state index contributed by atoms with van der Waals surface area (Å²) in [6, 6.07) is 24.5. The van der Waals surface area contributed by atoms with Gasteiger partial charge < -0.3 is 14.5 Å². The normalized spacial score (nSPS) is 17.6. The Labute approximate surface area is 182 Å². The van der Waals surface area contributed by atoms with E-state index in [0.29, 0.717) is 17.7 Å². The standard InChI is InChI=1S/C26H26N2O3/c1-18-17-24(21-13-7-9-15-23(21)27(18)19(2)29)28(20-11-5-4-6-12-20)26(30)22-14-8-10-16-25(22)31-3/h4-16,18,24H,17H2,1-3H3. The summed E-state index contributed by atoms with van der Waals surface area (Å²) in [5, 5.41) is 0. The molecule has 2 amide bonds. The van der Waals surface area contributed by atoms with Crippen LogP contribution < -0.4 is 14.5 Å². The van der Waals surface area contributed by atoms with Gasteiger partial charge in [-0.2, -0.15) is 0 Å². The summed E-state index contributed by atoms with van der Waals surface area (Å²) in [4.78, 5) is 30.0. The van der Waals surface area contributed by atoms with Crippen molar-refractivity contribution in [1.29, 1.82) is 0 Å². The van der Waals surface area contributed by atoms with E-state index in [9.17, 15) is 9.59 Å². The number of benzene rings is 3. The lowest BCUT2D eigenvalue weighted by Gasteiger charge is -2.43. The van der Waals surface area contributed by atoms with E-state index in [4.69, 9.17) is 4.74 Å². The van der Waals surface area contributed by atoms with Gasteiger partial charge in [0.15, 0.2) is 0 Å². The van der Waals surface area contributed by atoms with Gasteiger partial charge in [0.2, 0.25) is 5.91 Å². The van der Waals surface area contributed by atoms with Crippen molar-refractivity contribution in [2.24, 2.45) is 0 Å². The van der Waals surface area contributed by atoms with E-state index in [-0.39, 0.29) is 23.9 Å². The van der Waals surface area contributed by atoms with Crippen molar-refractivity contribution in [3.63, 3.8) is 0 Å². The number of anilines is 2. The van der Waals surface area contributed by atoms with Crippen molar-refractivity contribution in [2.75, 3.05) is 16.9 Å². The first-order valence-electron chi connectivity index (χ1n) is 10.4. The van der Waals surface area contributed by atoms with Crippen molar-refractivity contribution in [3.8, 4) is 5.75 Å². The molecule has 1 aliphatic heterocycles. The maximum absolute atomic E-state index is 13.9. The Hall–Kier alpha value is -3.60. The highest BCUT2D eigenvalue weighted by atomic mass is 16.5. The van der Waals surface area contributed by atoms with Gasteiger partial charge in [-0.05, 0) is 49.2 Å². The molecule has 0 aliphatic carbocycles. The molecule has 0 radical (unpaired) electrons. The number of ether oxygens (including phenoxy) is 1. The number of fused-ring (bicyclic) bond motifs is 1. The Bertz CT molecular complexity index is 1100. The van der Waals surface area contributed by atoms with Crippen LogP contribution in [0.5, 0.6) is 5.75 Å². The molecular weight excluding hydrogens is 388 g/mol. The highest BCUT2D eigenvalue weighted by Crippen LogP contribution is 2.43. The van der Waals surface area contributed by atoms with Crippen molar-refractivity contribution < 1.29 is 14.3 Å². The van der Waals surface area contributed by atoms with Crippen LogP contribution in [-0.2, 0) is 4.79 Å². The molecule has 0 saturated heterocycles. The fourth-order valence-electron chi connectivity index (χ4n) is 4.48. The largest absolute Gasteiger partial charge is 0.496 e. The molecule has 0 bridgehead atoms. The minimum absolute atomic E-state index is 0.000663. The molecule has 158 valence electrons. The maximum atomic E-state index is 13.9. The average molecular weight is 415 g/mol. The molecular formula is C26H26N2O3. The molecule has 5 nitrogen and oxygen atoms in total. The summed E-state index contributed by atoms with van der Waals surface area (Å²) in [5.74, 6) is 0.406. The van der Waals surface area contributed by atoms with E-state index in [0.717, 1.165) is 16.9 Å². The number of hydrogen-bond acceptors (Lipinski definition) is 3. The van der Waals surface area contributed by atoms with Crippen LogP contribution in [-0.4, -0.2) is 25.0 Å². The van der Waals surface area contributed by atoms with Gasteiger partial charge in [0.05, 0.1) is 18.7 Å². The smallest absolute Gasteiger partial charge is 0.262 e. The summed E-state index contributed by atoms with van der Waals surface area (Å²) in [7, 11) is 1.57. The zero-order valence-electron chi connectivity index (χ0n) is 18.0. The lowest BCUT2D eigenvalue weighted by molar-refractivity contribution is -0.117. The number of methoxy groups -OCH3 is 1. The van der Waals surface area contributed by atoms with Crippen LogP contribution in [0.4, 0.5) is 11.4 Å². The quantitative estimate of drug-likeness (QED) is 0.587. The molecule has 0 spiro atoms. The Kier molecular flexibility index (Phi) is 5.76. The van der Waals surface area contributed by atoms with E-state index < -0.39 is 0 Å². The van der Waals surface area contributed by atoms with Gasteiger partial charge in [-0.3, -0.25) is 9.59 Å². The molecule has 3 aromatic rings. The zero-order valence-corrected chi connectivity index (χ0v) is 18.0. The zero-order chi connectivity index (χ0) is 22.0. The second-order valence-electron chi connectivity index (χ2n) is 7.76. The van der Waals surface area contributed by atoms with E-state index in [1.165, 1.54) is 0 Å². The highest BCUT2D eigenvalue weighted by Gasteiger charge is 2.38. The number of amides is 2. The van der Waals surface area contributed by atoms with E-state index in [1.54, 1.807) is 26.2 Å². The van der Waals surface area contributed by atoms with Crippen LogP contribution in [0.2, 0.25) is 0 Å². The summed E-state index contributed by atoms with van der Waals surface area (Å²) >= 11 is 0. The number of carbonyl (C=O) groups excluding carboxylic acids is 2. The molecule has 3 aromatic carbocycles. The molecule has 5 heteroatoms. The minimum atomic E-state index is -0.221. The number of rotatable bonds is 4. The Balaban J connectivity index is 1.88. The number of carbonyl (C=O) groups is 2. The molecule has 0 aromatic heterocycles. The van der Waals surface area contributed by atoms with Crippen molar-refractivity contribution in [1.82, 2.24) is 0 Å². The predicted octanol–water partition coefficient (Wildman–Crippen LogP) is 5.23. The molecule has 2 atom stereocenters. The molecule has 4 rings (SSSR count). The highest BCUT2D eigenvalue weighted by molar-refractivity contribution is 6.08. The van der Waals surface area contributed by atoms with Gasteiger partial charge in [-0.1, -0.05) is 48.5 Å². The first-order valence-corrected chi connectivity index (χ1v) is 10.4. The first kappa shape index (κ1) is 20.7. The van der Waals surface area contributed by atoms with Crippen LogP contribution in [0.3, 0.4) is 0 Å². The molecule has 0 N–H and O–H groups in total. The molecule has 0 fully saturated rings. The second-order valence-corrected chi connectivity index (χ2v) is 7.76. The monoisotopic (exact) mass is 414 g/mol. The van der Waals surface area contributed by atoms with E-state index in [2.05, 4.69) is 0 Å². The van der Waals surface area contributed by atoms with Crippen molar-refractivity contribution >= 4 is 23.2 Å². The molecule has 0 saturated carbocycles. The van der Waals surface area contributed by atoms with Gasteiger partial charge in [-0.15, -0.1) is 0 Å². The summed E-state index contributed by atoms with van der Waals surface area (Å²) in [6.07, 6.45) is 0.631. The lowest BCUT2D eigenvalue weighted by Crippen LogP contribution is -2.47. The SMILES string of the molecule is COc1ccccc1C(=O)N(c1ccccc1)C1CC(C)N(C(C)=O)c2ccccc21. The molecule has 1 heterocycles. The van der Waals surface area contributed by atoms with Gasteiger partial charge in [0.1, 0.15) is 5.75 Å². The van der Waals surface area contributed by atoms with Gasteiger partial charge in [-0.25, -0.2) is 0 Å². The maximum Gasteiger partial charge on any atom is 0.262 e. The summed E-state index contributed by atoms with van der Waals surface area (Å²) in [5.41, 5.74) is 3.13. The Morgan fingerprint density at radius 3 is 2.29 bits per heavy atom. The molecule has 2 unspecified atom stereocenters. The molecule has 1 aliphatic rings. The van der Waals surface area contributed by atoms with Crippen LogP contribution in [0.25, 0.3) is 0 Å². The third kappa shape index (κ3) is 3.79. The topological polar surface area (TPSA) is 49.9 Å². The fourth-order valence-corrected chi connectivity index (χ4v) is 4.48. The number of para-hydroxylation sites is 3. The van der Waals surface area contributed by atoms with Crippen LogP contribution in [0, 0.1) is 0 Å². The predicted molar refractivity (Wildman–Crippen MR) is 123 cm³/mol. The van der Waals surface area contributed by atoms with Gasteiger partial charge >= 0.3 is 0 Å². The lowest BCUT2D eigenvalue weighted by atomic mass is 9.89. The van der Waals surface area contributed by atoms with Crippen LogP contribution >= 0.6 is 0 Å². The molecule has 31 heavy (non-hydrogen) atoms. The first-order chi connectivity index (χ1) is 15.0. The van der Waals surface area contributed by atoms with Gasteiger partial charge in [0, 0.05) is 24.3 Å². The summed E-state index contributed by atoms with van der Waals surface area (Å²) < 4.78 is 5.48. The van der Waals surface area contributed by atoms with E-state index >= 15 is 0 Å². The Morgan fingerprint density at radius 1 is 0.935 bits per heavy atom.